The molecule has 0 bridgehead atoms. The number of hydrogen-bond acceptors (Lipinski definition) is 3. The van der Waals surface area contributed by atoms with Gasteiger partial charge < -0.3 is 4.90 Å². The van der Waals surface area contributed by atoms with E-state index in [9.17, 15) is 4.79 Å². The summed E-state index contributed by atoms with van der Waals surface area (Å²) in [5.41, 5.74) is 1.54. The van der Waals surface area contributed by atoms with E-state index in [1.54, 1.807) is 18.1 Å². The summed E-state index contributed by atoms with van der Waals surface area (Å²) in [6.45, 7) is 2.59. The van der Waals surface area contributed by atoms with Gasteiger partial charge in [-0.2, -0.15) is 0 Å². The van der Waals surface area contributed by atoms with Crippen molar-refractivity contribution in [3.8, 4) is 0 Å². The molecular weight excluding hydrogens is 166 g/mol. The predicted octanol–water partition coefficient (Wildman–Crippen LogP) is 0.413. The lowest BCUT2D eigenvalue weighted by Gasteiger charge is -2.23. The quantitative estimate of drug-likeness (QED) is 0.576. The number of aromatic nitrogens is 2. The van der Waals surface area contributed by atoms with E-state index in [-0.39, 0.29) is 5.91 Å². The highest BCUT2D eigenvalue weighted by atomic mass is 16.2. The van der Waals surface area contributed by atoms with Crippen molar-refractivity contribution < 1.29 is 4.79 Å². The molecule has 2 rings (SSSR count). The van der Waals surface area contributed by atoms with Crippen LogP contribution < -0.4 is 0 Å². The number of likely N-dealkylation sites (N-methyl/N-ethyl adjacent to an activating group) is 1. The van der Waals surface area contributed by atoms with Crippen LogP contribution in [-0.4, -0.2) is 34.4 Å². The Balaban J connectivity index is 2.50. The van der Waals surface area contributed by atoms with E-state index in [1.165, 1.54) is 0 Å². The van der Waals surface area contributed by atoms with Crippen LogP contribution in [0, 0.1) is 6.92 Å². The lowest BCUT2D eigenvalue weighted by molar-refractivity contribution is 0.0778. The van der Waals surface area contributed by atoms with Crippen molar-refractivity contribution in [2.75, 3.05) is 13.6 Å². The number of rotatable bonds is 0. The molecule has 0 radical (unpaired) electrons. The second-order valence-electron chi connectivity index (χ2n) is 3.25. The summed E-state index contributed by atoms with van der Waals surface area (Å²) < 4.78 is 0. The minimum Gasteiger partial charge on any atom is -0.341 e. The molecule has 1 aliphatic heterocycles. The van der Waals surface area contributed by atoms with Gasteiger partial charge >= 0.3 is 0 Å². The van der Waals surface area contributed by atoms with Gasteiger partial charge in [0.1, 0.15) is 5.82 Å². The molecule has 1 aromatic heterocycles. The Morgan fingerprint density at radius 3 is 3.08 bits per heavy atom. The van der Waals surface area contributed by atoms with Crippen LogP contribution in [-0.2, 0) is 6.42 Å². The highest BCUT2D eigenvalue weighted by molar-refractivity contribution is 5.95. The summed E-state index contributed by atoms with van der Waals surface area (Å²) in [6.07, 6.45) is 2.45. The molecule has 0 N–H and O–H groups in total. The molecule has 0 fully saturated rings. The molecule has 13 heavy (non-hydrogen) atoms. The fourth-order valence-corrected chi connectivity index (χ4v) is 1.47. The number of amides is 1. The molecule has 0 unspecified atom stereocenters. The SMILES string of the molecule is Cc1ncc2c(n1)CCN(C)C2=O. The van der Waals surface area contributed by atoms with Gasteiger partial charge in [0.15, 0.2) is 0 Å². The molecule has 1 aliphatic rings. The van der Waals surface area contributed by atoms with Crippen molar-refractivity contribution in [3.05, 3.63) is 23.3 Å². The normalized spacial score (nSPS) is 15.8. The third-order valence-electron chi connectivity index (χ3n) is 2.25. The molecule has 2 heterocycles. The van der Waals surface area contributed by atoms with E-state index in [1.807, 2.05) is 6.92 Å². The van der Waals surface area contributed by atoms with Crippen molar-refractivity contribution in [2.24, 2.45) is 0 Å². The van der Waals surface area contributed by atoms with Crippen LogP contribution in [0.15, 0.2) is 6.20 Å². The van der Waals surface area contributed by atoms with Gasteiger partial charge in [0.2, 0.25) is 0 Å². The molecule has 0 saturated carbocycles. The first-order chi connectivity index (χ1) is 6.18. The molecule has 1 aromatic rings. The van der Waals surface area contributed by atoms with E-state index in [0.717, 1.165) is 24.5 Å². The fourth-order valence-electron chi connectivity index (χ4n) is 1.47. The molecule has 0 atom stereocenters. The molecule has 0 aromatic carbocycles. The standard InChI is InChI=1S/C9H11N3O/c1-6-10-5-7-8(11-6)3-4-12(2)9(7)13/h5H,3-4H2,1-2H3. The first-order valence-electron chi connectivity index (χ1n) is 4.26. The van der Waals surface area contributed by atoms with E-state index >= 15 is 0 Å². The molecule has 0 saturated heterocycles. The number of nitrogens with zero attached hydrogens (tertiary/aromatic N) is 3. The smallest absolute Gasteiger partial charge is 0.257 e. The van der Waals surface area contributed by atoms with Crippen LogP contribution in [0.1, 0.15) is 21.9 Å². The Bertz CT molecular complexity index is 362. The van der Waals surface area contributed by atoms with Crippen LogP contribution in [0.25, 0.3) is 0 Å². The maximum Gasteiger partial charge on any atom is 0.257 e. The molecule has 4 nitrogen and oxygen atoms in total. The minimum atomic E-state index is 0.0289. The van der Waals surface area contributed by atoms with Gasteiger partial charge in [-0.15, -0.1) is 0 Å². The number of carbonyl (C=O) groups is 1. The summed E-state index contributed by atoms with van der Waals surface area (Å²) in [5.74, 6) is 0.761. The molecule has 4 heteroatoms. The third kappa shape index (κ3) is 1.28. The van der Waals surface area contributed by atoms with Gasteiger partial charge in [-0.25, -0.2) is 9.97 Å². The lowest BCUT2D eigenvalue weighted by atomic mass is 10.1. The van der Waals surface area contributed by atoms with Crippen molar-refractivity contribution in [3.63, 3.8) is 0 Å². The Hall–Kier alpha value is -1.45. The Labute approximate surface area is 76.6 Å². The van der Waals surface area contributed by atoms with Gasteiger partial charge in [0.25, 0.3) is 5.91 Å². The van der Waals surface area contributed by atoms with E-state index < -0.39 is 0 Å². The second kappa shape index (κ2) is 2.80. The van der Waals surface area contributed by atoms with E-state index in [0.29, 0.717) is 5.56 Å². The number of hydrogen-bond donors (Lipinski definition) is 0. The van der Waals surface area contributed by atoms with Crippen LogP contribution in [0.3, 0.4) is 0 Å². The molecule has 68 valence electrons. The average molecular weight is 177 g/mol. The highest BCUT2D eigenvalue weighted by Gasteiger charge is 2.22. The van der Waals surface area contributed by atoms with Crippen molar-refractivity contribution in [2.45, 2.75) is 13.3 Å². The number of fused-ring (bicyclic) bond motifs is 1. The number of aryl methyl sites for hydroxylation is 1. The minimum absolute atomic E-state index is 0.0289. The first-order valence-corrected chi connectivity index (χ1v) is 4.26. The monoisotopic (exact) mass is 177 g/mol. The van der Waals surface area contributed by atoms with Crippen LogP contribution in [0.2, 0.25) is 0 Å². The summed E-state index contributed by atoms with van der Waals surface area (Å²) in [4.78, 5) is 21.5. The zero-order valence-electron chi connectivity index (χ0n) is 7.74. The summed E-state index contributed by atoms with van der Waals surface area (Å²) in [6, 6.07) is 0. The fraction of sp³-hybridized carbons (Fsp3) is 0.444. The summed E-state index contributed by atoms with van der Waals surface area (Å²) in [5, 5.41) is 0. The maximum atomic E-state index is 11.6. The van der Waals surface area contributed by atoms with E-state index in [4.69, 9.17) is 0 Å². The molecule has 0 aliphatic carbocycles. The summed E-state index contributed by atoms with van der Waals surface area (Å²) >= 11 is 0. The Morgan fingerprint density at radius 1 is 1.54 bits per heavy atom. The largest absolute Gasteiger partial charge is 0.341 e. The topological polar surface area (TPSA) is 46.1 Å². The first kappa shape index (κ1) is 8.16. The zero-order chi connectivity index (χ0) is 9.42. The van der Waals surface area contributed by atoms with Crippen molar-refractivity contribution in [1.82, 2.24) is 14.9 Å². The van der Waals surface area contributed by atoms with Gasteiger partial charge in [-0.05, 0) is 6.92 Å². The lowest BCUT2D eigenvalue weighted by Crippen LogP contribution is -2.35. The Kier molecular flexibility index (Phi) is 1.76. The van der Waals surface area contributed by atoms with Gasteiger partial charge in [0.05, 0.1) is 11.3 Å². The molecular formula is C9H11N3O. The predicted molar refractivity (Wildman–Crippen MR) is 47.4 cm³/mol. The number of carbonyl (C=O) groups excluding carboxylic acids is 1. The third-order valence-corrected chi connectivity index (χ3v) is 2.25. The van der Waals surface area contributed by atoms with Crippen LogP contribution in [0.4, 0.5) is 0 Å². The second-order valence-corrected chi connectivity index (χ2v) is 3.25. The van der Waals surface area contributed by atoms with Gasteiger partial charge in [-0.3, -0.25) is 4.79 Å². The van der Waals surface area contributed by atoms with Gasteiger partial charge in [0, 0.05) is 26.2 Å². The van der Waals surface area contributed by atoms with Crippen LogP contribution >= 0.6 is 0 Å². The van der Waals surface area contributed by atoms with Crippen molar-refractivity contribution in [1.29, 1.82) is 0 Å². The average Bonchev–Trinajstić information content (AvgIpc) is 2.12. The highest BCUT2D eigenvalue weighted by Crippen LogP contribution is 2.14. The molecule has 0 spiro atoms. The zero-order valence-corrected chi connectivity index (χ0v) is 7.74. The Morgan fingerprint density at radius 2 is 2.31 bits per heavy atom. The van der Waals surface area contributed by atoms with Crippen molar-refractivity contribution >= 4 is 5.91 Å². The van der Waals surface area contributed by atoms with Crippen LogP contribution in [0.5, 0.6) is 0 Å². The summed E-state index contributed by atoms with van der Waals surface area (Å²) in [7, 11) is 1.80. The molecule has 1 amide bonds. The van der Waals surface area contributed by atoms with Gasteiger partial charge in [-0.1, -0.05) is 0 Å². The maximum absolute atomic E-state index is 11.6. The van der Waals surface area contributed by atoms with E-state index in [2.05, 4.69) is 9.97 Å².